The van der Waals surface area contributed by atoms with Crippen molar-refractivity contribution in [3.05, 3.63) is 52.6 Å². The lowest BCUT2D eigenvalue weighted by Gasteiger charge is -2.13. The Morgan fingerprint density at radius 3 is 2.74 bits per heavy atom. The summed E-state index contributed by atoms with van der Waals surface area (Å²) in [5, 5.41) is 20.1. The summed E-state index contributed by atoms with van der Waals surface area (Å²) in [6, 6.07) is 6.27. The highest BCUT2D eigenvalue weighted by molar-refractivity contribution is 5.23. The average molecular weight is 263 g/mol. The van der Waals surface area contributed by atoms with Crippen molar-refractivity contribution in [2.75, 3.05) is 6.54 Å². The van der Waals surface area contributed by atoms with Crippen molar-refractivity contribution in [1.29, 1.82) is 0 Å². The molecule has 19 heavy (non-hydrogen) atoms. The zero-order chi connectivity index (χ0) is 13.8. The lowest BCUT2D eigenvalue weighted by molar-refractivity contribution is 0.169. The fraction of sp³-hybridized carbons (Fsp3) is 0.357. The van der Waals surface area contributed by atoms with Crippen molar-refractivity contribution in [3.8, 4) is 0 Å². The van der Waals surface area contributed by atoms with E-state index in [1.807, 2.05) is 13.8 Å². The van der Waals surface area contributed by atoms with Crippen LogP contribution in [-0.4, -0.2) is 21.8 Å². The molecule has 0 fully saturated rings. The van der Waals surface area contributed by atoms with E-state index in [0.29, 0.717) is 18.7 Å². The van der Waals surface area contributed by atoms with Gasteiger partial charge in [-0.15, -0.1) is 0 Å². The van der Waals surface area contributed by atoms with Crippen LogP contribution in [0.3, 0.4) is 0 Å². The summed E-state index contributed by atoms with van der Waals surface area (Å²) in [6.45, 7) is 4.77. The highest BCUT2D eigenvalue weighted by Crippen LogP contribution is 2.16. The van der Waals surface area contributed by atoms with Gasteiger partial charge in [-0.2, -0.15) is 5.10 Å². The fourth-order valence-corrected chi connectivity index (χ4v) is 2.02. The molecule has 0 amide bonds. The summed E-state index contributed by atoms with van der Waals surface area (Å²) in [5.41, 5.74) is 3.34. The minimum absolute atomic E-state index is 0.297. The van der Waals surface area contributed by atoms with Crippen molar-refractivity contribution < 1.29 is 9.50 Å². The Bertz CT molecular complexity index is 534. The number of hydrogen-bond acceptors (Lipinski definition) is 3. The van der Waals surface area contributed by atoms with Gasteiger partial charge in [-0.3, -0.25) is 5.10 Å². The Morgan fingerprint density at radius 2 is 2.11 bits per heavy atom. The van der Waals surface area contributed by atoms with Crippen molar-refractivity contribution in [1.82, 2.24) is 15.5 Å². The molecule has 2 rings (SSSR count). The van der Waals surface area contributed by atoms with Crippen LogP contribution in [0.5, 0.6) is 0 Å². The van der Waals surface area contributed by atoms with Crippen LogP contribution in [-0.2, 0) is 6.54 Å². The topological polar surface area (TPSA) is 60.9 Å². The van der Waals surface area contributed by atoms with Gasteiger partial charge in [0.05, 0.1) is 11.8 Å². The van der Waals surface area contributed by atoms with Gasteiger partial charge in [-0.1, -0.05) is 18.2 Å². The second kappa shape index (κ2) is 5.95. The molecule has 2 aromatic rings. The van der Waals surface area contributed by atoms with E-state index in [2.05, 4.69) is 15.5 Å². The number of aromatic amines is 1. The molecule has 0 spiro atoms. The van der Waals surface area contributed by atoms with E-state index >= 15 is 0 Å². The maximum absolute atomic E-state index is 13.5. The van der Waals surface area contributed by atoms with E-state index < -0.39 is 6.10 Å². The molecule has 4 nitrogen and oxygen atoms in total. The average Bonchev–Trinajstić information content (AvgIpc) is 2.70. The molecule has 0 aliphatic carbocycles. The number of aliphatic hydroxyl groups excluding tert-OH is 1. The third kappa shape index (κ3) is 3.19. The van der Waals surface area contributed by atoms with Gasteiger partial charge in [0.25, 0.3) is 0 Å². The summed E-state index contributed by atoms with van der Waals surface area (Å²) in [5.74, 6) is -0.382. The molecular weight excluding hydrogens is 245 g/mol. The quantitative estimate of drug-likeness (QED) is 0.773. The summed E-state index contributed by atoms with van der Waals surface area (Å²) >= 11 is 0. The molecule has 0 saturated carbocycles. The van der Waals surface area contributed by atoms with Crippen LogP contribution in [0.2, 0.25) is 0 Å². The van der Waals surface area contributed by atoms with Crippen molar-refractivity contribution in [2.45, 2.75) is 26.5 Å². The first-order valence-electron chi connectivity index (χ1n) is 6.23. The predicted molar refractivity (Wildman–Crippen MR) is 71.1 cm³/mol. The van der Waals surface area contributed by atoms with E-state index in [9.17, 15) is 9.50 Å². The Hall–Kier alpha value is -1.72. The number of nitrogens with one attached hydrogen (secondary N) is 2. The van der Waals surface area contributed by atoms with Crippen LogP contribution in [0.1, 0.15) is 28.6 Å². The molecule has 3 N–H and O–H groups in total. The maximum atomic E-state index is 13.5. The zero-order valence-corrected chi connectivity index (χ0v) is 11.1. The largest absolute Gasteiger partial charge is 0.387 e. The number of aromatic nitrogens is 2. The number of benzene rings is 1. The number of rotatable bonds is 5. The molecule has 1 atom stereocenters. The summed E-state index contributed by atoms with van der Waals surface area (Å²) in [6.07, 6.45) is -0.853. The van der Waals surface area contributed by atoms with Crippen LogP contribution >= 0.6 is 0 Å². The molecule has 102 valence electrons. The van der Waals surface area contributed by atoms with E-state index in [4.69, 9.17) is 0 Å². The minimum Gasteiger partial charge on any atom is -0.387 e. The lowest BCUT2D eigenvalue weighted by Crippen LogP contribution is -2.22. The Morgan fingerprint density at radius 1 is 1.37 bits per heavy atom. The number of aryl methyl sites for hydroxylation is 2. The normalized spacial score (nSPS) is 12.6. The number of aliphatic hydroxyl groups is 1. The first-order valence-corrected chi connectivity index (χ1v) is 6.23. The molecule has 5 heteroatoms. The highest BCUT2D eigenvalue weighted by Gasteiger charge is 2.12. The number of H-pyrrole nitrogens is 1. The van der Waals surface area contributed by atoms with E-state index in [0.717, 1.165) is 17.0 Å². The van der Waals surface area contributed by atoms with Gasteiger partial charge in [-0.25, -0.2) is 4.39 Å². The summed E-state index contributed by atoms with van der Waals surface area (Å²) in [4.78, 5) is 0. The Labute approximate surface area is 111 Å². The first-order chi connectivity index (χ1) is 9.09. The van der Waals surface area contributed by atoms with Crippen LogP contribution in [0.25, 0.3) is 0 Å². The maximum Gasteiger partial charge on any atom is 0.129 e. The van der Waals surface area contributed by atoms with Gasteiger partial charge in [0.2, 0.25) is 0 Å². The second-order valence-electron chi connectivity index (χ2n) is 4.58. The standard InChI is InChI=1S/C14H18FN3O/c1-9-12(10(2)18-17-9)7-16-8-14(19)11-5-3-4-6-13(11)15/h3-6,14,16,19H,7-8H2,1-2H3,(H,17,18)/t14-/m0/s1. The molecule has 0 saturated heterocycles. The summed E-state index contributed by atoms with van der Waals surface area (Å²) in [7, 11) is 0. The molecule has 0 radical (unpaired) electrons. The third-order valence-electron chi connectivity index (χ3n) is 3.18. The van der Waals surface area contributed by atoms with Gasteiger partial charge in [0.15, 0.2) is 0 Å². The molecule has 1 aromatic carbocycles. The predicted octanol–water partition coefficient (Wildman–Crippen LogP) is 1.99. The van der Waals surface area contributed by atoms with Gasteiger partial charge in [0, 0.05) is 29.9 Å². The van der Waals surface area contributed by atoms with Crippen LogP contribution < -0.4 is 5.32 Å². The smallest absolute Gasteiger partial charge is 0.129 e. The van der Waals surface area contributed by atoms with Gasteiger partial charge in [0.1, 0.15) is 5.82 Å². The molecule has 0 aliphatic rings. The van der Waals surface area contributed by atoms with Crippen molar-refractivity contribution in [3.63, 3.8) is 0 Å². The molecule has 0 aliphatic heterocycles. The van der Waals surface area contributed by atoms with Crippen LogP contribution in [0, 0.1) is 19.7 Å². The van der Waals surface area contributed by atoms with Gasteiger partial charge >= 0.3 is 0 Å². The molecule has 0 bridgehead atoms. The number of nitrogens with zero attached hydrogens (tertiary/aromatic N) is 1. The SMILES string of the molecule is Cc1n[nH]c(C)c1CNC[C@H](O)c1ccccc1F. The number of hydrogen-bond donors (Lipinski definition) is 3. The number of halogens is 1. The first kappa shape index (κ1) is 13.7. The van der Waals surface area contributed by atoms with E-state index in [-0.39, 0.29) is 5.82 Å². The van der Waals surface area contributed by atoms with Crippen molar-refractivity contribution >= 4 is 0 Å². The fourth-order valence-electron chi connectivity index (χ4n) is 2.02. The molecule has 1 aromatic heterocycles. The van der Waals surface area contributed by atoms with Crippen molar-refractivity contribution in [2.24, 2.45) is 0 Å². The highest BCUT2D eigenvalue weighted by atomic mass is 19.1. The Kier molecular flexibility index (Phi) is 4.29. The monoisotopic (exact) mass is 263 g/mol. The van der Waals surface area contributed by atoms with E-state index in [1.165, 1.54) is 6.07 Å². The van der Waals surface area contributed by atoms with Gasteiger partial charge in [-0.05, 0) is 19.9 Å². The van der Waals surface area contributed by atoms with E-state index in [1.54, 1.807) is 18.2 Å². The lowest BCUT2D eigenvalue weighted by atomic mass is 10.1. The molecule has 0 unspecified atom stereocenters. The van der Waals surface area contributed by atoms with Gasteiger partial charge < -0.3 is 10.4 Å². The molecular formula is C14H18FN3O. The zero-order valence-electron chi connectivity index (χ0n) is 11.1. The molecule has 1 heterocycles. The summed E-state index contributed by atoms with van der Waals surface area (Å²) < 4.78 is 13.5. The second-order valence-corrected chi connectivity index (χ2v) is 4.58. The van der Waals surface area contributed by atoms with Crippen LogP contribution in [0.4, 0.5) is 4.39 Å². The third-order valence-corrected chi connectivity index (χ3v) is 3.18. The van der Waals surface area contributed by atoms with Crippen LogP contribution in [0.15, 0.2) is 24.3 Å². The Balaban J connectivity index is 1.91. The minimum atomic E-state index is -0.853.